The van der Waals surface area contributed by atoms with Gasteiger partial charge in [-0.15, -0.1) is 0 Å². The lowest BCUT2D eigenvalue weighted by atomic mass is 9.94. The molecule has 2 rings (SSSR count). The molecule has 0 bridgehead atoms. The first-order valence-electron chi connectivity index (χ1n) is 6.79. The normalized spacial score (nSPS) is 34.8. The van der Waals surface area contributed by atoms with E-state index in [9.17, 15) is 4.79 Å². The summed E-state index contributed by atoms with van der Waals surface area (Å²) in [6.07, 6.45) is 4.21. The molecule has 3 atom stereocenters. The van der Waals surface area contributed by atoms with Crippen LogP contribution in [0.25, 0.3) is 0 Å². The first-order valence-corrected chi connectivity index (χ1v) is 6.79. The van der Waals surface area contributed by atoms with Gasteiger partial charge in [-0.3, -0.25) is 4.79 Å². The molecule has 0 aromatic rings. The van der Waals surface area contributed by atoms with Crippen molar-refractivity contribution in [2.75, 3.05) is 13.2 Å². The molecule has 2 fully saturated rings. The Morgan fingerprint density at radius 1 is 1.35 bits per heavy atom. The lowest BCUT2D eigenvalue weighted by Gasteiger charge is -2.35. The van der Waals surface area contributed by atoms with Crippen molar-refractivity contribution in [2.24, 2.45) is 5.92 Å². The maximum Gasteiger partial charge on any atom is 0.220 e. The maximum atomic E-state index is 11.1. The number of carbonyl (C=O) groups excluding carboxylic acids is 1. The van der Waals surface area contributed by atoms with Crippen molar-refractivity contribution in [3.63, 3.8) is 0 Å². The average molecular weight is 240 g/mol. The predicted octanol–water partition coefficient (Wildman–Crippen LogP) is 1.06. The molecule has 0 aromatic carbocycles. The number of nitrogens with one attached hydrogen (secondary N) is 2. The largest absolute Gasteiger partial charge is 0.378 e. The van der Waals surface area contributed by atoms with Gasteiger partial charge in [0.15, 0.2) is 0 Å². The van der Waals surface area contributed by atoms with Gasteiger partial charge in [0.25, 0.3) is 0 Å². The third kappa shape index (κ3) is 3.68. The smallest absolute Gasteiger partial charge is 0.220 e. The third-order valence-electron chi connectivity index (χ3n) is 3.80. The van der Waals surface area contributed by atoms with Gasteiger partial charge in [-0.1, -0.05) is 13.8 Å². The molecule has 2 aliphatic rings. The summed E-state index contributed by atoms with van der Waals surface area (Å²) in [6.45, 7) is 6.07. The molecule has 0 spiro atoms. The quantitative estimate of drug-likeness (QED) is 0.775. The second kappa shape index (κ2) is 5.83. The van der Waals surface area contributed by atoms with E-state index in [1.807, 2.05) is 0 Å². The summed E-state index contributed by atoms with van der Waals surface area (Å²) in [5, 5.41) is 6.59. The molecule has 0 aromatic heterocycles. The van der Waals surface area contributed by atoms with Crippen LogP contribution >= 0.6 is 0 Å². The monoisotopic (exact) mass is 240 g/mol. The van der Waals surface area contributed by atoms with Crippen LogP contribution in [-0.2, 0) is 9.53 Å². The van der Waals surface area contributed by atoms with Gasteiger partial charge in [0.05, 0.1) is 6.10 Å². The standard InChI is InChI=1S/C13H24N2O2/c1-9(2)12-7-10(5-6-17-12)15-11-3-4-13(16)14-8-11/h9-12,15H,3-8H2,1-2H3,(H,14,16). The fourth-order valence-corrected chi connectivity index (χ4v) is 2.65. The van der Waals surface area contributed by atoms with Crippen LogP contribution in [0.3, 0.4) is 0 Å². The molecule has 98 valence electrons. The van der Waals surface area contributed by atoms with Gasteiger partial charge in [-0.05, 0) is 25.2 Å². The van der Waals surface area contributed by atoms with Crippen molar-refractivity contribution >= 4 is 5.91 Å². The van der Waals surface area contributed by atoms with Gasteiger partial charge in [0.2, 0.25) is 5.91 Å². The number of carbonyl (C=O) groups is 1. The number of hydrogen-bond donors (Lipinski definition) is 2. The van der Waals surface area contributed by atoms with Gasteiger partial charge in [0, 0.05) is 31.7 Å². The van der Waals surface area contributed by atoms with Gasteiger partial charge >= 0.3 is 0 Å². The fraction of sp³-hybridized carbons (Fsp3) is 0.923. The Morgan fingerprint density at radius 2 is 2.18 bits per heavy atom. The SMILES string of the molecule is CC(C)C1CC(NC2CCC(=O)NC2)CCO1. The molecule has 0 aliphatic carbocycles. The first kappa shape index (κ1) is 12.8. The highest BCUT2D eigenvalue weighted by molar-refractivity contribution is 5.76. The topological polar surface area (TPSA) is 50.4 Å². The van der Waals surface area contributed by atoms with E-state index in [1.54, 1.807) is 0 Å². The van der Waals surface area contributed by atoms with Crippen LogP contribution in [0.2, 0.25) is 0 Å². The van der Waals surface area contributed by atoms with Crippen LogP contribution in [0.15, 0.2) is 0 Å². The zero-order valence-corrected chi connectivity index (χ0v) is 10.9. The Morgan fingerprint density at radius 3 is 2.82 bits per heavy atom. The molecular weight excluding hydrogens is 216 g/mol. The molecule has 1 amide bonds. The summed E-state index contributed by atoms with van der Waals surface area (Å²) in [6, 6.07) is 1.000. The molecule has 0 saturated carbocycles. The summed E-state index contributed by atoms with van der Waals surface area (Å²) in [5.41, 5.74) is 0. The zero-order chi connectivity index (χ0) is 12.3. The fourth-order valence-electron chi connectivity index (χ4n) is 2.65. The Balaban J connectivity index is 1.76. The van der Waals surface area contributed by atoms with Crippen molar-refractivity contribution < 1.29 is 9.53 Å². The Labute approximate surface area is 103 Å². The van der Waals surface area contributed by atoms with Gasteiger partial charge in [-0.2, -0.15) is 0 Å². The number of piperidine rings is 1. The third-order valence-corrected chi connectivity index (χ3v) is 3.80. The van der Waals surface area contributed by atoms with Crippen molar-refractivity contribution in [1.29, 1.82) is 0 Å². The van der Waals surface area contributed by atoms with E-state index in [2.05, 4.69) is 24.5 Å². The minimum absolute atomic E-state index is 0.190. The Hall–Kier alpha value is -0.610. The summed E-state index contributed by atoms with van der Waals surface area (Å²) in [4.78, 5) is 11.1. The van der Waals surface area contributed by atoms with Gasteiger partial charge < -0.3 is 15.4 Å². The molecule has 17 heavy (non-hydrogen) atoms. The minimum Gasteiger partial charge on any atom is -0.378 e. The number of ether oxygens (including phenoxy) is 1. The van der Waals surface area contributed by atoms with E-state index < -0.39 is 0 Å². The molecule has 2 aliphatic heterocycles. The van der Waals surface area contributed by atoms with Crippen LogP contribution < -0.4 is 10.6 Å². The summed E-state index contributed by atoms with van der Waals surface area (Å²) in [5.74, 6) is 0.778. The van der Waals surface area contributed by atoms with Gasteiger partial charge in [0.1, 0.15) is 0 Å². The molecule has 2 saturated heterocycles. The van der Waals surface area contributed by atoms with Crippen LogP contribution in [0, 0.1) is 5.92 Å². The van der Waals surface area contributed by atoms with Crippen LogP contribution in [-0.4, -0.2) is 37.2 Å². The van der Waals surface area contributed by atoms with E-state index in [0.717, 1.165) is 32.4 Å². The summed E-state index contributed by atoms with van der Waals surface area (Å²) < 4.78 is 5.77. The lowest BCUT2D eigenvalue weighted by Crippen LogP contribution is -2.51. The Kier molecular flexibility index (Phi) is 4.40. The molecule has 4 nitrogen and oxygen atoms in total. The minimum atomic E-state index is 0.190. The molecule has 3 unspecified atom stereocenters. The van der Waals surface area contributed by atoms with Crippen molar-refractivity contribution in [3.8, 4) is 0 Å². The van der Waals surface area contributed by atoms with E-state index in [0.29, 0.717) is 30.5 Å². The molecule has 0 radical (unpaired) electrons. The molecule has 4 heteroatoms. The highest BCUT2D eigenvalue weighted by Gasteiger charge is 2.27. The highest BCUT2D eigenvalue weighted by Crippen LogP contribution is 2.21. The van der Waals surface area contributed by atoms with E-state index >= 15 is 0 Å². The van der Waals surface area contributed by atoms with Crippen molar-refractivity contribution in [3.05, 3.63) is 0 Å². The van der Waals surface area contributed by atoms with Crippen molar-refractivity contribution in [1.82, 2.24) is 10.6 Å². The van der Waals surface area contributed by atoms with Gasteiger partial charge in [-0.25, -0.2) is 0 Å². The maximum absolute atomic E-state index is 11.1. The zero-order valence-electron chi connectivity index (χ0n) is 10.9. The first-order chi connectivity index (χ1) is 8.15. The predicted molar refractivity (Wildman–Crippen MR) is 66.8 cm³/mol. The Bertz CT molecular complexity index is 258. The van der Waals surface area contributed by atoms with Crippen LogP contribution in [0.1, 0.15) is 39.5 Å². The average Bonchev–Trinajstić information content (AvgIpc) is 2.32. The van der Waals surface area contributed by atoms with E-state index in [1.165, 1.54) is 0 Å². The molecular formula is C13H24N2O2. The molecule has 2 heterocycles. The van der Waals surface area contributed by atoms with E-state index in [4.69, 9.17) is 4.74 Å². The number of amides is 1. The number of rotatable bonds is 3. The summed E-state index contributed by atoms with van der Waals surface area (Å²) in [7, 11) is 0. The number of hydrogen-bond acceptors (Lipinski definition) is 3. The summed E-state index contributed by atoms with van der Waals surface area (Å²) >= 11 is 0. The van der Waals surface area contributed by atoms with E-state index in [-0.39, 0.29) is 5.91 Å². The van der Waals surface area contributed by atoms with Crippen LogP contribution in [0.4, 0.5) is 0 Å². The lowest BCUT2D eigenvalue weighted by molar-refractivity contribution is -0.122. The van der Waals surface area contributed by atoms with Crippen LogP contribution in [0.5, 0.6) is 0 Å². The highest BCUT2D eigenvalue weighted by atomic mass is 16.5. The second-order valence-corrected chi connectivity index (χ2v) is 5.58. The second-order valence-electron chi connectivity index (χ2n) is 5.58. The van der Waals surface area contributed by atoms with Crippen molar-refractivity contribution in [2.45, 2.75) is 57.7 Å². The molecule has 2 N–H and O–H groups in total.